The summed E-state index contributed by atoms with van der Waals surface area (Å²) in [5.74, 6) is 1.06. The number of anilines is 1. The minimum atomic E-state index is 1.03. The molecule has 0 saturated carbocycles. The Morgan fingerprint density at radius 3 is 2.81 bits per heavy atom. The van der Waals surface area contributed by atoms with E-state index in [2.05, 4.69) is 37.8 Å². The van der Waals surface area contributed by atoms with Gasteiger partial charge in [-0.15, -0.1) is 0 Å². The van der Waals surface area contributed by atoms with Crippen LogP contribution in [0.15, 0.2) is 29.2 Å². The van der Waals surface area contributed by atoms with Gasteiger partial charge in [-0.25, -0.2) is 9.97 Å². The maximum atomic E-state index is 4.35. The number of aromatic nitrogens is 2. The number of hydrogen-bond acceptors (Lipinski definition) is 4. The Morgan fingerprint density at radius 2 is 2.06 bits per heavy atom. The third-order valence-corrected chi connectivity index (χ3v) is 3.58. The summed E-state index contributed by atoms with van der Waals surface area (Å²) in [4.78, 5) is 11.0. The van der Waals surface area contributed by atoms with E-state index in [4.69, 9.17) is 0 Å². The molecule has 0 N–H and O–H groups in total. The highest BCUT2D eigenvalue weighted by Gasteiger charge is 2.14. The molecule has 1 aliphatic heterocycles. The first kappa shape index (κ1) is 9.78. The van der Waals surface area contributed by atoms with Crippen LogP contribution >= 0.6 is 11.3 Å². The first-order chi connectivity index (χ1) is 7.93. The molecule has 1 fully saturated rings. The highest BCUT2D eigenvalue weighted by molar-refractivity contribution is 7.08. The Labute approximate surface area is 98.8 Å². The highest BCUT2D eigenvalue weighted by atomic mass is 32.1. The van der Waals surface area contributed by atoms with Crippen LogP contribution in [0.2, 0.25) is 0 Å². The maximum Gasteiger partial charge on any atom is 0.132 e. The van der Waals surface area contributed by atoms with Crippen LogP contribution in [-0.4, -0.2) is 23.1 Å². The highest BCUT2D eigenvalue weighted by Crippen LogP contribution is 2.24. The summed E-state index contributed by atoms with van der Waals surface area (Å²) in [5, 5.41) is 4.20. The van der Waals surface area contributed by atoms with Crippen LogP contribution in [0.1, 0.15) is 12.8 Å². The molecule has 0 spiro atoms. The molecule has 0 aliphatic carbocycles. The average Bonchev–Trinajstić information content (AvgIpc) is 3.03. The standard InChI is InChI=1S/C12H13N3S/c1-2-5-15(4-1)12-7-11(13-9-14-12)10-3-6-16-8-10/h3,6-9H,1-2,4-5H2. The second-order valence-corrected chi connectivity index (χ2v) is 4.75. The van der Waals surface area contributed by atoms with Crippen molar-refractivity contribution in [2.75, 3.05) is 18.0 Å². The summed E-state index contributed by atoms with van der Waals surface area (Å²) in [6.07, 6.45) is 4.22. The monoisotopic (exact) mass is 231 g/mol. The van der Waals surface area contributed by atoms with Crippen LogP contribution in [0.25, 0.3) is 11.3 Å². The molecule has 1 saturated heterocycles. The SMILES string of the molecule is c1nc(-c2ccsc2)cc(N2CCCC2)n1. The summed E-state index contributed by atoms with van der Waals surface area (Å²) < 4.78 is 0. The van der Waals surface area contributed by atoms with Crippen molar-refractivity contribution in [3.8, 4) is 11.3 Å². The van der Waals surface area contributed by atoms with Crippen LogP contribution in [0.4, 0.5) is 5.82 Å². The molecule has 0 bridgehead atoms. The molecule has 3 heterocycles. The maximum absolute atomic E-state index is 4.35. The Hall–Kier alpha value is -1.42. The van der Waals surface area contributed by atoms with Crippen molar-refractivity contribution in [2.45, 2.75) is 12.8 Å². The number of rotatable bonds is 2. The fraction of sp³-hybridized carbons (Fsp3) is 0.333. The van der Waals surface area contributed by atoms with Crippen molar-refractivity contribution in [1.29, 1.82) is 0 Å². The summed E-state index contributed by atoms with van der Waals surface area (Å²) in [6, 6.07) is 4.19. The van der Waals surface area contributed by atoms with Crippen LogP contribution in [0.5, 0.6) is 0 Å². The quantitative estimate of drug-likeness (QED) is 0.796. The molecule has 16 heavy (non-hydrogen) atoms. The van der Waals surface area contributed by atoms with Crippen molar-refractivity contribution in [3.63, 3.8) is 0 Å². The van der Waals surface area contributed by atoms with Crippen LogP contribution < -0.4 is 4.90 Å². The largest absolute Gasteiger partial charge is 0.357 e. The van der Waals surface area contributed by atoms with Gasteiger partial charge in [0.2, 0.25) is 0 Å². The van der Waals surface area contributed by atoms with Gasteiger partial charge < -0.3 is 4.90 Å². The predicted octanol–water partition coefficient (Wildman–Crippen LogP) is 2.81. The van der Waals surface area contributed by atoms with E-state index in [1.807, 2.05) is 0 Å². The predicted molar refractivity (Wildman–Crippen MR) is 66.8 cm³/mol. The lowest BCUT2D eigenvalue weighted by Gasteiger charge is -2.16. The Balaban J connectivity index is 1.93. The van der Waals surface area contributed by atoms with Crippen LogP contribution in [-0.2, 0) is 0 Å². The number of hydrogen-bond donors (Lipinski definition) is 0. The Bertz CT molecular complexity index is 461. The molecule has 3 nitrogen and oxygen atoms in total. The van der Waals surface area contributed by atoms with E-state index < -0.39 is 0 Å². The van der Waals surface area contributed by atoms with Crippen molar-refractivity contribution in [2.24, 2.45) is 0 Å². The second-order valence-electron chi connectivity index (χ2n) is 3.97. The van der Waals surface area contributed by atoms with Crippen LogP contribution in [0.3, 0.4) is 0 Å². The normalized spacial score (nSPS) is 15.6. The average molecular weight is 231 g/mol. The molecule has 0 amide bonds. The minimum Gasteiger partial charge on any atom is -0.357 e. The molecule has 0 unspecified atom stereocenters. The van der Waals surface area contributed by atoms with Crippen molar-refractivity contribution in [1.82, 2.24) is 9.97 Å². The Kier molecular flexibility index (Phi) is 2.58. The van der Waals surface area contributed by atoms with Gasteiger partial charge in [-0.05, 0) is 24.3 Å². The fourth-order valence-electron chi connectivity index (χ4n) is 2.03. The van der Waals surface area contributed by atoms with Gasteiger partial charge in [-0.1, -0.05) is 0 Å². The zero-order chi connectivity index (χ0) is 10.8. The van der Waals surface area contributed by atoms with E-state index in [9.17, 15) is 0 Å². The van der Waals surface area contributed by atoms with Gasteiger partial charge in [0.05, 0.1) is 5.69 Å². The fourth-order valence-corrected chi connectivity index (χ4v) is 2.68. The summed E-state index contributed by atoms with van der Waals surface area (Å²) in [5.41, 5.74) is 2.21. The van der Waals surface area contributed by atoms with E-state index >= 15 is 0 Å². The molecule has 3 rings (SSSR count). The van der Waals surface area contributed by atoms with Gasteiger partial charge in [-0.2, -0.15) is 11.3 Å². The zero-order valence-corrected chi connectivity index (χ0v) is 9.78. The summed E-state index contributed by atoms with van der Waals surface area (Å²) >= 11 is 1.70. The lowest BCUT2D eigenvalue weighted by atomic mass is 10.2. The lowest BCUT2D eigenvalue weighted by Crippen LogP contribution is -2.18. The molecule has 0 radical (unpaired) electrons. The molecular weight excluding hydrogens is 218 g/mol. The van der Waals surface area contributed by atoms with Gasteiger partial charge in [0.25, 0.3) is 0 Å². The third kappa shape index (κ3) is 1.80. The molecule has 4 heteroatoms. The number of nitrogens with zero attached hydrogens (tertiary/aromatic N) is 3. The molecule has 2 aromatic rings. The smallest absolute Gasteiger partial charge is 0.132 e. The zero-order valence-electron chi connectivity index (χ0n) is 8.97. The minimum absolute atomic E-state index is 1.03. The van der Waals surface area contributed by atoms with Crippen molar-refractivity contribution >= 4 is 17.2 Å². The van der Waals surface area contributed by atoms with Gasteiger partial charge in [0.15, 0.2) is 0 Å². The lowest BCUT2D eigenvalue weighted by molar-refractivity contribution is 0.928. The van der Waals surface area contributed by atoms with Gasteiger partial charge >= 0.3 is 0 Å². The first-order valence-electron chi connectivity index (χ1n) is 5.53. The molecule has 82 valence electrons. The third-order valence-electron chi connectivity index (χ3n) is 2.90. The van der Waals surface area contributed by atoms with E-state index in [1.54, 1.807) is 17.7 Å². The van der Waals surface area contributed by atoms with E-state index in [1.165, 1.54) is 18.4 Å². The van der Waals surface area contributed by atoms with Crippen LogP contribution in [0, 0.1) is 0 Å². The molecular formula is C12H13N3S. The molecule has 0 atom stereocenters. The number of thiophene rings is 1. The second kappa shape index (κ2) is 4.22. The molecule has 2 aromatic heterocycles. The first-order valence-corrected chi connectivity index (χ1v) is 6.47. The van der Waals surface area contributed by atoms with E-state index in [0.717, 1.165) is 24.6 Å². The van der Waals surface area contributed by atoms with Crippen molar-refractivity contribution in [3.05, 3.63) is 29.2 Å². The van der Waals surface area contributed by atoms with Crippen molar-refractivity contribution < 1.29 is 0 Å². The van der Waals surface area contributed by atoms with E-state index in [-0.39, 0.29) is 0 Å². The molecule has 0 aromatic carbocycles. The van der Waals surface area contributed by atoms with Gasteiger partial charge in [0, 0.05) is 30.1 Å². The topological polar surface area (TPSA) is 29.0 Å². The Morgan fingerprint density at radius 1 is 1.19 bits per heavy atom. The van der Waals surface area contributed by atoms with Gasteiger partial charge in [0.1, 0.15) is 12.1 Å². The summed E-state index contributed by atoms with van der Waals surface area (Å²) in [6.45, 7) is 2.25. The van der Waals surface area contributed by atoms with E-state index in [0.29, 0.717) is 0 Å². The summed E-state index contributed by atoms with van der Waals surface area (Å²) in [7, 11) is 0. The van der Waals surface area contributed by atoms with Gasteiger partial charge in [-0.3, -0.25) is 0 Å². The molecule has 1 aliphatic rings.